The standard InChI is InChI=1S/C16H13F2NO/c17-13-7-4-8-14(18)15(13)19-16(20)12-9-11(12)10-5-2-1-3-6-10/h1-8,11-12H,9H2,(H,19,20). The van der Waals surface area contributed by atoms with Crippen LogP contribution in [0.15, 0.2) is 48.5 Å². The monoisotopic (exact) mass is 273 g/mol. The Morgan fingerprint density at radius 1 is 1.00 bits per heavy atom. The van der Waals surface area contributed by atoms with Gasteiger partial charge in [0.15, 0.2) is 0 Å². The number of nitrogens with one attached hydrogen (secondary N) is 1. The second-order valence-corrected chi connectivity index (χ2v) is 4.95. The molecule has 2 atom stereocenters. The van der Waals surface area contributed by atoms with Crippen molar-refractivity contribution >= 4 is 11.6 Å². The zero-order valence-electron chi connectivity index (χ0n) is 10.6. The summed E-state index contributed by atoms with van der Waals surface area (Å²) in [4.78, 5) is 12.0. The Morgan fingerprint density at radius 2 is 1.65 bits per heavy atom. The van der Waals surface area contributed by atoms with E-state index in [0.29, 0.717) is 6.42 Å². The maximum absolute atomic E-state index is 13.5. The van der Waals surface area contributed by atoms with Crippen LogP contribution < -0.4 is 5.32 Å². The summed E-state index contributed by atoms with van der Waals surface area (Å²) >= 11 is 0. The molecular weight excluding hydrogens is 260 g/mol. The van der Waals surface area contributed by atoms with E-state index < -0.39 is 11.6 Å². The molecule has 3 rings (SSSR count). The third kappa shape index (κ3) is 2.41. The maximum Gasteiger partial charge on any atom is 0.228 e. The molecule has 102 valence electrons. The number of anilines is 1. The summed E-state index contributed by atoms with van der Waals surface area (Å²) in [6.45, 7) is 0. The van der Waals surface area contributed by atoms with Gasteiger partial charge in [-0.1, -0.05) is 36.4 Å². The lowest BCUT2D eigenvalue weighted by Gasteiger charge is -2.07. The molecule has 0 heterocycles. The minimum absolute atomic E-state index is 0.144. The van der Waals surface area contributed by atoms with Crippen LogP contribution in [0.4, 0.5) is 14.5 Å². The molecule has 1 amide bonds. The Labute approximate surface area is 115 Å². The first-order valence-electron chi connectivity index (χ1n) is 6.46. The molecule has 2 nitrogen and oxygen atoms in total. The normalized spacial score (nSPS) is 20.5. The van der Waals surface area contributed by atoms with Gasteiger partial charge in [-0.2, -0.15) is 0 Å². The molecule has 0 bridgehead atoms. The van der Waals surface area contributed by atoms with Crippen LogP contribution >= 0.6 is 0 Å². The topological polar surface area (TPSA) is 29.1 Å². The maximum atomic E-state index is 13.5. The van der Waals surface area contributed by atoms with Crippen molar-refractivity contribution in [3.05, 3.63) is 65.7 Å². The number of halogens is 2. The summed E-state index contributed by atoms with van der Waals surface area (Å²) in [7, 11) is 0. The lowest BCUT2D eigenvalue weighted by atomic mass is 10.1. The van der Waals surface area contributed by atoms with Crippen LogP contribution in [-0.2, 0) is 4.79 Å². The number of rotatable bonds is 3. The molecule has 1 aliphatic carbocycles. The van der Waals surface area contributed by atoms with Gasteiger partial charge in [-0.25, -0.2) is 8.78 Å². The zero-order chi connectivity index (χ0) is 14.1. The van der Waals surface area contributed by atoms with Crippen molar-refractivity contribution in [1.29, 1.82) is 0 Å². The van der Waals surface area contributed by atoms with Gasteiger partial charge in [-0.05, 0) is 30.0 Å². The van der Waals surface area contributed by atoms with E-state index in [2.05, 4.69) is 5.32 Å². The average molecular weight is 273 g/mol. The van der Waals surface area contributed by atoms with Gasteiger partial charge in [0.1, 0.15) is 17.3 Å². The van der Waals surface area contributed by atoms with Crippen molar-refractivity contribution in [3.63, 3.8) is 0 Å². The summed E-state index contributed by atoms with van der Waals surface area (Å²) in [5.74, 6) is -1.91. The molecule has 0 aromatic heterocycles. The Morgan fingerprint density at radius 3 is 2.30 bits per heavy atom. The lowest BCUT2D eigenvalue weighted by molar-refractivity contribution is -0.117. The Kier molecular flexibility index (Phi) is 3.22. The van der Waals surface area contributed by atoms with Gasteiger partial charge in [0.25, 0.3) is 0 Å². The highest BCUT2D eigenvalue weighted by molar-refractivity contribution is 5.95. The van der Waals surface area contributed by atoms with Crippen molar-refractivity contribution in [2.45, 2.75) is 12.3 Å². The van der Waals surface area contributed by atoms with E-state index in [1.54, 1.807) is 0 Å². The molecule has 4 heteroatoms. The third-order valence-electron chi connectivity index (χ3n) is 3.57. The van der Waals surface area contributed by atoms with Crippen molar-refractivity contribution in [2.24, 2.45) is 5.92 Å². The van der Waals surface area contributed by atoms with Gasteiger partial charge in [0.05, 0.1) is 0 Å². The van der Waals surface area contributed by atoms with E-state index >= 15 is 0 Å². The average Bonchev–Trinajstić information content (AvgIpc) is 3.24. The van der Waals surface area contributed by atoms with E-state index in [1.165, 1.54) is 6.07 Å². The summed E-state index contributed by atoms with van der Waals surface area (Å²) in [5, 5.41) is 2.35. The largest absolute Gasteiger partial charge is 0.321 e. The molecule has 0 aliphatic heterocycles. The van der Waals surface area contributed by atoms with Crippen LogP contribution in [0.25, 0.3) is 0 Å². The van der Waals surface area contributed by atoms with Gasteiger partial charge in [-0.3, -0.25) is 4.79 Å². The molecule has 2 aromatic carbocycles. The number of carbonyl (C=O) groups excluding carboxylic acids is 1. The Balaban J connectivity index is 1.70. The van der Waals surface area contributed by atoms with E-state index in [-0.39, 0.29) is 23.4 Å². The van der Waals surface area contributed by atoms with Crippen molar-refractivity contribution in [2.75, 3.05) is 5.32 Å². The molecule has 2 unspecified atom stereocenters. The molecule has 1 aliphatic rings. The van der Waals surface area contributed by atoms with Crippen LogP contribution in [-0.4, -0.2) is 5.91 Å². The van der Waals surface area contributed by atoms with Crippen molar-refractivity contribution in [1.82, 2.24) is 0 Å². The van der Waals surface area contributed by atoms with E-state index in [0.717, 1.165) is 17.7 Å². The molecule has 0 radical (unpaired) electrons. The second kappa shape index (κ2) is 5.04. The first kappa shape index (κ1) is 12.8. The van der Waals surface area contributed by atoms with E-state index in [1.807, 2.05) is 30.3 Å². The first-order valence-corrected chi connectivity index (χ1v) is 6.46. The van der Waals surface area contributed by atoms with Crippen LogP contribution in [0.1, 0.15) is 17.9 Å². The van der Waals surface area contributed by atoms with Crippen LogP contribution in [0.3, 0.4) is 0 Å². The summed E-state index contributed by atoms with van der Waals surface area (Å²) in [5.41, 5.74) is 0.720. The second-order valence-electron chi connectivity index (χ2n) is 4.95. The fourth-order valence-corrected chi connectivity index (χ4v) is 2.39. The predicted octanol–water partition coefficient (Wildman–Crippen LogP) is 3.71. The van der Waals surface area contributed by atoms with Crippen LogP contribution in [0, 0.1) is 17.6 Å². The fourth-order valence-electron chi connectivity index (χ4n) is 2.39. The minimum atomic E-state index is -0.754. The first-order chi connectivity index (χ1) is 9.66. The quantitative estimate of drug-likeness (QED) is 0.907. The van der Waals surface area contributed by atoms with Crippen LogP contribution in [0.5, 0.6) is 0 Å². The van der Waals surface area contributed by atoms with Gasteiger partial charge < -0.3 is 5.32 Å². The number of carbonyl (C=O) groups is 1. The lowest BCUT2D eigenvalue weighted by Crippen LogP contribution is -2.16. The molecule has 0 spiro atoms. The molecule has 1 fully saturated rings. The number of hydrogen-bond acceptors (Lipinski definition) is 1. The molecule has 1 saturated carbocycles. The summed E-state index contributed by atoms with van der Waals surface area (Å²) < 4.78 is 26.9. The summed E-state index contributed by atoms with van der Waals surface area (Å²) in [6.07, 6.45) is 0.714. The van der Waals surface area contributed by atoms with Crippen molar-refractivity contribution < 1.29 is 13.6 Å². The molecule has 20 heavy (non-hydrogen) atoms. The van der Waals surface area contributed by atoms with Crippen LogP contribution in [0.2, 0.25) is 0 Å². The summed E-state index contributed by atoms with van der Waals surface area (Å²) in [6, 6.07) is 13.2. The van der Waals surface area contributed by atoms with Crippen molar-refractivity contribution in [3.8, 4) is 0 Å². The smallest absolute Gasteiger partial charge is 0.228 e. The number of amides is 1. The molecule has 1 N–H and O–H groups in total. The third-order valence-corrected chi connectivity index (χ3v) is 3.57. The van der Waals surface area contributed by atoms with Gasteiger partial charge in [0, 0.05) is 5.92 Å². The SMILES string of the molecule is O=C(Nc1c(F)cccc1F)C1CC1c1ccccc1. The van der Waals surface area contributed by atoms with Gasteiger partial charge >= 0.3 is 0 Å². The highest BCUT2D eigenvalue weighted by Gasteiger charge is 2.44. The highest BCUT2D eigenvalue weighted by atomic mass is 19.1. The fraction of sp³-hybridized carbons (Fsp3) is 0.188. The number of benzene rings is 2. The minimum Gasteiger partial charge on any atom is -0.321 e. The zero-order valence-corrected chi connectivity index (χ0v) is 10.6. The molecule has 2 aromatic rings. The van der Waals surface area contributed by atoms with E-state index in [9.17, 15) is 13.6 Å². The Bertz CT molecular complexity index is 622. The van der Waals surface area contributed by atoms with E-state index in [4.69, 9.17) is 0 Å². The Hall–Kier alpha value is -2.23. The molecular formula is C16H13F2NO. The van der Waals surface area contributed by atoms with Gasteiger partial charge in [0.2, 0.25) is 5.91 Å². The molecule has 0 saturated heterocycles. The highest BCUT2D eigenvalue weighted by Crippen LogP contribution is 2.48. The number of para-hydroxylation sites is 1. The predicted molar refractivity (Wildman–Crippen MR) is 72.3 cm³/mol. The number of hydrogen-bond donors (Lipinski definition) is 1. The van der Waals surface area contributed by atoms with Gasteiger partial charge in [-0.15, -0.1) is 0 Å².